The third-order valence-corrected chi connectivity index (χ3v) is 2.69. The van der Waals surface area contributed by atoms with E-state index >= 15 is 0 Å². The van der Waals surface area contributed by atoms with Gasteiger partial charge in [0.15, 0.2) is 11.5 Å². The van der Waals surface area contributed by atoms with Crippen LogP contribution >= 0.6 is 0 Å². The smallest absolute Gasteiger partial charge is 0.286 e. The molecule has 116 valence electrons. The average Bonchev–Trinajstić information content (AvgIpc) is 2.47. The molecule has 8 heteroatoms. The third-order valence-electron chi connectivity index (χ3n) is 2.69. The Hall–Kier alpha value is -2.35. The van der Waals surface area contributed by atoms with Crippen molar-refractivity contribution < 1.29 is 19.2 Å². The second kappa shape index (κ2) is 8.05. The maximum atomic E-state index is 12.0. The number of ether oxygens (including phenoxy) is 2. The fraction of sp³-hybridized carbons (Fsp3) is 0.462. The largest absolute Gasteiger partial charge is 0.493 e. The SMILES string of the molecule is CCOc1cc([N+](=O)[O-])c(C(=O)NCCCN)cc1OC. The zero-order chi connectivity index (χ0) is 15.8. The van der Waals surface area contributed by atoms with Gasteiger partial charge in [0.25, 0.3) is 11.6 Å². The average molecular weight is 297 g/mol. The minimum absolute atomic E-state index is 0.0719. The van der Waals surface area contributed by atoms with Gasteiger partial charge in [0.05, 0.1) is 24.7 Å². The molecule has 1 rings (SSSR count). The molecule has 0 aromatic heterocycles. The third kappa shape index (κ3) is 4.32. The van der Waals surface area contributed by atoms with Crippen LogP contribution in [0.3, 0.4) is 0 Å². The zero-order valence-electron chi connectivity index (χ0n) is 12.0. The second-order valence-electron chi connectivity index (χ2n) is 4.11. The molecule has 0 radical (unpaired) electrons. The summed E-state index contributed by atoms with van der Waals surface area (Å²) in [5.74, 6) is -0.0480. The van der Waals surface area contributed by atoms with E-state index in [9.17, 15) is 14.9 Å². The number of nitro groups is 1. The zero-order valence-corrected chi connectivity index (χ0v) is 12.0. The molecule has 0 atom stereocenters. The van der Waals surface area contributed by atoms with Crippen LogP contribution in [0, 0.1) is 10.1 Å². The number of nitrogens with one attached hydrogen (secondary N) is 1. The van der Waals surface area contributed by atoms with Crippen molar-refractivity contribution in [2.75, 3.05) is 26.8 Å². The van der Waals surface area contributed by atoms with Gasteiger partial charge in [-0.3, -0.25) is 14.9 Å². The molecule has 3 N–H and O–H groups in total. The van der Waals surface area contributed by atoms with Crippen molar-refractivity contribution in [1.29, 1.82) is 0 Å². The quantitative estimate of drug-likeness (QED) is 0.421. The van der Waals surface area contributed by atoms with Crippen LogP contribution in [0.2, 0.25) is 0 Å². The molecule has 1 aromatic rings. The molecule has 0 aliphatic carbocycles. The first kappa shape index (κ1) is 16.7. The summed E-state index contributed by atoms with van der Waals surface area (Å²) in [7, 11) is 1.40. The van der Waals surface area contributed by atoms with E-state index in [2.05, 4.69) is 5.32 Å². The summed E-state index contributed by atoms with van der Waals surface area (Å²) in [5, 5.41) is 13.7. The molecule has 0 heterocycles. The minimum atomic E-state index is -0.625. The van der Waals surface area contributed by atoms with E-state index in [-0.39, 0.29) is 22.7 Å². The molecular weight excluding hydrogens is 278 g/mol. The number of rotatable bonds is 8. The highest BCUT2D eigenvalue weighted by atomic mass is 16.6. The van der Waals surface area contributed by atoms with Gasteiger partial charge in [-0.05, 0) is 19.9 Å². The second-order valence-corrected chi connectivity index (χ2v) is 4.11. The Morgan fingerprint density at radius 2 is 2.14 bits per heavy atom. The topological polar surface area (TPSA) is 117 Å². The number of amides is 1. The standard InChI is InChI=1S/C13H19N3O5/c1-3-21-12-8-10(16(18)19)9(7-11(12)20-2)13(17)15-6-4-5-14/h7-8H,3-6,14H2,1-2H3,(H,15,17). The van der Waals surface area contributed by atoms with Crippen molar-refractivity contribution >= 4 is 11.6 Å². The van der Waals surface area contributed by atoms with Crippen molar-refractivity contribution in [3.63, 3.8) is 0 Å². The summed E-state index contributed by atoms with van der Waals surface area (Å²) in [6.45, 7) is 2.85. The Labute approximate surface area is 122 Å². The van der Waals surface area contributed by atoms with Crippen molar-refractivity contribution in [2.24, 2.45) is 5.73 Å². The van der Waals surface area contributed by atoms with Gasteiger partial charge in [-0.1, -0.05) is 0 Å². The Bertz CT molecular complexity index is 519. The summed E-state index contributed by atoms with van der Waals surface area (Å²) >= 11 is 0. The summed E-state index contributed by atoms with van der Waals surface area (Å²) in [6, 6.07) is 2.50. The summed E-state index contributed by atoms with van der Waals surface area (Å²) in [5.41, 5.74) is 4.93. The molecule has 21 heavy (non-hydrogen) atoms. The number of benzene rings is 1. The van der Waals surface area contributed by atoms with Gasteiger partial charge in [-0.2, -0.15) is 0 Å². The molecule has 0 fully saturated rings. The highest BCUT2D eigenvalue weighted by Crippen LogP contribution is 2.34. The first-order valence-corrected chi connectivity index (χ1v) is 6.52. The van der Waals surface area contributed by atoms with Crippen molar-refractivity contribution in [1.82, 2.24) is 5.32 Å². The maximum absolute atomic E-state index is 12.0. The van der Waals surface area contributed by atoms with Crippen LogP contribution in [-0.2, 0) is 0 Å². The van der Waals surface area contributed by atoms with Crippen LogP contribution in [0.4, 0.5) is 5.69 Å². The Morgan fingerprint density at radius 1 is 1.43 bits per heavy atom. The lowest BCUT2D eigenvalue weighted by Gasteiger charge is -2.11. The number of nitrogens with two attached hydrogens (primary N) is 1. The summed E-state index contributed by atoms with van der Waals surface area (Å²) in [4.78, 5) is 22.5. The predicted molar refractivity (Wildman–Crippen MR) is 76.8 cm³/mol. The van der Waals surface area contributed by atoms with Crippen molar-refractivity contribution in [3.05, 3.63) is 27.8 Å². The summed E-state index contributed by atoms with van der Waals surface area (Å²) < 4.78 is 10.4. The number of hydrogen-bond acceptors (Lipinski definition) is 6. The van der Waals surface area contributed by atoms with Gasteiger partial charge in [-0.25, -0.2) is 0 Å². The highest BCUT2D eigenvalue weighted by Gasteiger charge is 2.24. The fourth-order valence-electron chi connectivity index (χ4n) is 1.71. The Morgan fingerprint density at radius 3 is 2.67 bits per heavy atom. The van der Waals surface area contributed by atoms with Crippen LogP contribution in [0.5, 0.6) is 11.5 Å². The maximum Gasteiger partial charge on any atom is 0.286 e. The molecule has 1 aromatic carbocycles. The van der Waals surface area contributed by atoms with Crippen LogP contribution < -0.4 is 20.5 Å². The molecule has 0 saturated heterocycles. The number of hydrogen-bond donors (Lipinski definition) is 2. The highest BCUT2D eigenvalue weighted by molar-refractivity contribution is 5.99. The van der Waals surface area contributed by atoms with Crippen LogP contribution in [0.25, 0.3) is 0 Å². The van der Waals surface area contributed by atoms with E-state index in [1.807, 2.05) is 0 Å². The molecule has 8 nitrogen and oxygen atoms in total. The van der Waals surface area contributed by atoms with Gasteiger partial charge < -0.3 is 20.5 Å². The number of nitro benzene ring substituents is 1. The van der Waals surface area contributed by atoms with E-state index in [0.717, 1.165) is 0 Å². The van der Waals surface area contributed by atoms with Gasteiger partial charge in [0.1, 0.15) is 5.56 Å². The van der Waals surface area contributed by atoms with Gasteiger partial charge in [0, 0.05) is 12.6 Å². The van der Waals surface area contributed by atoms with E-state index < -0.39 is 10.8 Å². The van der Waals surface area contributed by atoms with E-state index in [1.54, 1.807) is 6.92 Å². The van der Waals surface area contributed by atoms with Gasteiger partial charge in [-0.15, -0.1) is 0 Å². The fourth-order valence-corrected chi connectivity index (χ4v) is 1.71. The lowest BCUT2D eigenvalue weighted by Crippen LogP contribution is -2.26. The number of carbonyl (C=O) groups excluding carboxylic acids is 1. The molecule has 1 amide bonds. The Kier molecular flexibility index (Phi) is 6.41. The monoisotopic (exact) mass is 297 g/mol. The first-order valence-electron chi connectivity index (χ1n) is 6.52. The molecule has 0 unspecified atom stereocenters. The number of nitrogens with zero attached hydrogens (tertiary/aromatic N) is 1. The molecular formula is C13H19N3O5. The number of carbonyl (C=O) groups is 1. The van der Waals surface area contributed by atoms with E-state index in [0.29, 0.717) is 26.1 Å². The summed E-state index contributed by atoms with van der Waals surface area (Å²) in [6.07, 6.45) is 0.591. The van der Waals surface area contributed by atoms with E-state index in [1.165, 1.54) is 19.2 Å². The van der Waals surface area contributed by atoms with Gasteiger partial charge >= 0.3 is 0 Å². The van der Waals surface area contributed by atoms with Gasteiger partial charge in [0.2, 0.25) is 0 Å². The van der Waals surface area contributed by atoms with E-state index in [4.69, 9.17) is 15.2 Å². The lowest BCUT2D eigenvalue weighted by atomic mass is 10.1. The minimum Gasteiger partial charge on any atom is -0.493 e. The molecule has 0 spiro atoms. The molecule has 0 aliphatic rings. The first-order chi connectivity index (χ1) is 10.0. The molecule has 0 bridgehead atoms. The van der Waals surface area contributed by atoms with Crippen LogP contribution in [0.1, 0.15) is 23.7 Å². The predicted octanol–water partition coefficient (Wildman–Crippen LogP) is 1.08. The van der Waals surface area contributed by atoms with Crippen molar-refractivity contribution in [2.45, 2.75) is 13.3 Å². The van der Waals surface area contributed by atoms with Crippen LogP contribution in [0.15, 0.2) is 12.1 Å². The lowest BCUT2D eigenvalue weighted by molar-refractivity contribution is -0.385. The molecule has 0 aliphatic heterocycles. The van der Waals surface area contributed by atoms with Crippen LogP contribution in [-0.4, -0.2) is 37.6 Å². The number of methoxy groups -OCH3 is 1. The van der Waals surface area contributed by atoms with Crippen molar-refractivity contribution in [3.8, 4) is 11.5 Å². The normalized spacial score (nSPS) is 10.0. The Balaban J connectivity index is 3.16. The molecule has 0 saturated carbocycles.